The average molecular weight is 290 g/mol. The van der Waals surface area contributed by atoms with Crippen LogP contribution in [0, 0.1) is 0 Å². The highest BCUT2D eigenvalue weighted by Crippen LogP contribution is 2.26. The molecule has 1 aromatic carbocycles. The van der Waals surface area contributed by atoms with Gasteiger partial charge in [-0.15, -0.1) is 0 Å². The number of imidazole rings is 1. The summed E-state index contributed by atoms with van der Waals surface area (Å²) in [7, 11) is 1.68. The number of para-hydroxylation sites is 2. The second kappa shape index (κ2) is 5.04. The Hall–Kier alpha value is -3.08. The molecule has 5 nitrogen and oxygen atoms in total. The van der Waals surface area contributed by atoms with Crippen LogP contribution < -0.4 is 4.74 Å². The van der Waals surface area contributed by atoms with Gasteiger partial charge in [-0.1, -0.05) is 12.1 Å². The number of ether oxygens (including phenoxy) is 1. The van der Waals surface area contributed by atoms with Gasteiger partial charge in [-0.2, -0.15) is 5.10 Å². The van der Waals surface area contributed by atoms with Crippen LogP contribution in [0.4, 0.5) is 0 Å². The first-order valence-electron chi connectivity index (χ1n) is 6.97. The fourth-order valence-electron chi connectivity index (χ4n) is 2.57. The lowest BCUT2D eigenvalue weighted by Crippen LogP contribution is -1.96. The molecule has 0 saturated heterocycles. The van der Waals surface area contributed by atoms with E-state index in [0.717, 1.165) is 28.3 Å². The van der Waals surface area contributed by atoms with Crippen molar-refractivity contribution < 1.29 is 4.74 Å². The van der Waals surface area contributed by atoms with Crippen molar-refractivity contribution in [2.45, 2.75) is 0 Å². The molecule has 0 unspecified atom stereocenters. The molecular weight excluding hydrogens is 276 g/mol. The highest BCUT2D eigenvalue weighted by Gasteiger charge is 2.11. The molecule has 0 saturated carbocycles. The number of pyridine rings is 1. The Morgan fingerprint density at radius 2 is 1.95 bits per heavy atom. The van der Waals surface area contributed by atoms with Crippen LogP contribution in [0.15, 0.2) is 67.3 Å². The summed E-state index contributed by atoms with van der Waals surface area (Å²) in [6, 6.07) is 13.9. The van der Waals surface area contributed by atoms with E-state index in [9.17, 15) is 0 Å². The summed E-state index contributed by atoms with van der Waals surface area (Å²) in [5.74, 6) is 0.824. The molecule has 4 aromatic rings. The number of nitrogens with zero attached hydrogens (tertiary/aromatic N) is 4. The summed E-state index contributed by atoms with van der Waals surface area (Å²) >= 11 is 0. The number of benzene rings is 1. The maximum absolute atomic E-state index is 5.45. The quantitative estimate of drug-likeness (QED) is 0.582. The molecule has 0 bridgehead atoms. The predicted molar refractivity (Wildman–Crippen MR) is 84.3 cm³/mol. The van der Waals surface area contributed by atoms with Crippen LogP contribution in [0.1, 0.15) is 0 Å². The molecule has 0 spiro atoms. The Morgan fingerprint density at radius 1 is 1.05 bits per heavy atom. The minimum Gasteiger partial charge on any atom is -0.495 e. The zero-order valence-corrected chi connectivity index (χ0v) is 12.0. The maximum Gasteiger partial charge on any atom is 0.142 e. The van der Waals surface area contributed by atoms with Crippen LogP contribution in [0.2, 0.25) is 0 Å². The van der Waals surface area contributed by atoms with Crippen LogP contribution >= 0.6 is 0 Å². The molecule has 5 heteroatoms. The fourth-order valence-corrected chi connectivity index (χ4v) is 2.57. The van der Waals surface area contributed by atoms with Crippen molar-refractivity contribution in [3.8, 4) is 22.7 Å². The molecule has 0 N–H and O–H groups in total. The number of aromatic nitrogens is 4. The Labute approximate surface area is 127 Å². The van der Waals surface area contributed by atoms with Gasteiger partial charge in [0.15, 0.2) is 0 Å². The van der Waals surface area contributed by atoms with Gasteiger partial charge >= 0.3 is 0 Å². The molecule has 3 aromatic heterocycles. The van der Waals surface area contributed by atoms with Gasteiger partial charge in [0.05, 0.1) is 18.5 Å². The largest absolute Gasteiger partial charge is 0.495 e. The average Bonchev–Trinajstić information content (AvgIpc) is 3.16. The summed E-state index contributed by atoms with van der Waals surface area (Å²) in [6.07, 6.45) is 7.48. The summed E-state index contributed by atoms with van der Waals surface area (Å²) in [5.41, 5.74) is 3.85. The first-order chi connectivity index (χ1) is 10.9. The van der Waals surface area contributed by atoms with Crippen molar-refractivity contribution in [1.29, 1.82) is 0 Å². The molecule has 0 atom stereocenters. The SMILES string of the molecule is COc1ccccc1-n1ccn2nc(-c3cccnc3)cc12. The minimum atomic E-state index is 0.824. The van der Waals surface area contributed by atoms with E-state index in [-0.39, 0.29) is 0 Å². The van der Waals surface area contributed by atoms with Crippen molar-refractivity contribution in [3.05, 3.63) is 67.3 Å². The fraction of sp³-hybridized carbons (Fsp3) is 0.0588. The van der Waals surface area contributed by atoms with Gasteiger partial charge < -0.3 is 4.74 Å². The van der Waals surface area contributed by atoms with Gasteiger partial charge in [-0.05, 0) is 24.3 Å². The summed E-state index contributed by atoms with van der Waals surface area (Å²) in [5, 5.41) is 4.60. The number of fused-ring (bicyclic) bond motifs is 1. The van der Waals surface area contributed by atoms with E-state index in [2.05, 4.69) is 14.6 Å². The normalized spacial score (nSPS) is 11.0. The van der Waals surface area contributed by atoms with Crippen molar-refractivity contribution in [3.63, 3.8) is 0 Å². The van der Waals surface area contributed by atoms with E-state index in [1.807, 2.05) is 65.6 Å². The summed E-state index contributed by atoms with van der Waals surface area (Å²) in [4.78, 5) is 4.15. The maximum atomic E-state index is 5.45. The van der Waals surface area contributed by atoms with Crippen LogP contribution in [-0.2, 0) is 0 Å². The van der Waals surface area contributed by atoms with E-state index in [4.69, 9.17) is 4.74 Å². The highest BCUT2D eigenvalue weighted by molar-refractivity contribution is 5.65. The molecule has 0 aliphatic rings. The van der Waals surface area contributed by atoms with Gasteiger partial charge in [-0.25, -0.2) is 4.52 Å². The highest BCUT2D eigenvalue weighted by atomic mass is 16.5. The van der Waals surface area contributed by atoms with Crippen molar-refractivity contribution in [2.75, 3.05) is 7.11 Å². The molecule has 108 valence electrons. The molecule has 0 aliphatic carbocycles. The molecule has 3 heterocycles. The van der Waals surface area contributed by atoms with Gasteiger partial charge in [0.25, 0.3) is 0 Å². The zero-order valence-electron chi connectivity index (χ0n) is 12.0. The lowest BCUT2D eigenvalue weighted by molar-refractivity contribution is 0.413. The van der Waals surface area contributed by atoms with Crippen molar-refractivity contribution in [1.82, 2.24) is 19.2 Å². The molecule has 0 aliphatic heterocycles. The van der Waals surface area contributed by atoms with Crippen molar-refractivity contribution in [2.24, 2.45) is 0 Å². The topological polar surface area (TPSA) is 44.4 Å². The Kier molecular flexibility index (Phi) is 2.89. The predicted octanol–water partition coefficient (Wildman–Crippen LogP) is 3.20. The Bertz CT molecular complexity index is 924. The monoisotopic (exact) mass is 290 g/mol. The molecule has 4 rings (SSSR count). The first kappa shape index (κ1) is 12.6. The van der Waals surface area contributed by atoms with Gasteiger partial charge in [0.2, 0.25) is 0 Å². The van der Waals surface area contributed by atoms with E-state index in [0.29, 0.717) is 0 Å². The second-order valence-corrected chi connectivity index (χ2v) is 4.91. The van der Waals surface area contributed by atoms with E-state index in [1.165, 1.54) is 0 Å². The van der Waals surface area contributed by atoms with Crippen LogP contribution in [-0.4, -0.2) is 26.3 Å². The molecule has 0 radical (unpaired) electrons. The molecule has 22 heavy (non-hydrogen) atoms. The number of methoxy groups -OCH3 is 1. The van der Waals surface area contributed by atoms with Crippen LogP contribution in [0.3, 0.4) is 0 Å². The first-order valence-corrected chi connectivity index (χ1v) is 6.97. The lowest BCUT2D eigenvalue weighted by Gasteiger charge is -2.08. The van der Waals surface area contributed by atoms with Gasteiger partial charge in [0, 0.05) is 36.4 Å². The molecule has 0 fully saturated rings. The number of rotatable bonds is 3. The number of hydrogen-bond acceptors (Lipinski definition) is 3. The standard InChI is InChI=1S/C17H14N4O/c1-22-16-7-3-2-6-15(16)20-9-10-21-17(20)11-14(19-21)13-5-4-8-18-12-13/h2-12H,1H3. The molecular formula is C17H14N4O. The zero-order chi connectivity index (χ0) is 14.9. The third-order valence-electron chi connectivity index (χ3n) is 3.62. The van der Waals surface area contributed by atoms with Gasteiger partial charge in [0.1, 0.15) is 11.4 Å². The Morgan fingerprint density at radius 3 is 2.77 bits per heavy atom. The van der Waals surface area contributed by atoms with E-state index in [1.54, 1.807) is 13.3 Å². The van der Waals surface area contributed by atoms with E-state index >= 15 is 0 Å². The Balaban J connectivity index is 1.88. The van der Waals surface area contributed by atoms with Crippen LogP contribution in [0.5, 0.6) is 5.75 Å². The van der Waals surface area contributed by atoms with Crippen molar-refractivity contribution >= 4 is 5.65 Å². The second-order valence-electron chi connectivity index (χ2n) is 4.91. The summed E-state index contributed by atoms with van der Waals surface area (Å²) < 4.78 is 9.37. The number of hydrogen-bond donors (Lipinski definition) is 0. The lowest BCUT2D eigenvalue weighted by atomic mass is 10.2. The third kappa shape index (κ3) is 1.95. The van der Waals surface area contributed by atoms with Crippen LogP contribution in [0.25, 0.3) is 22.6 Å². The minimum absolute atomic E-state index is 0.824. The summed E-state index contributed by atoms with van der Waals surface area (Å²) in [6.45, 7) is 0. The smallest absolute Gasteiger partial charge is 0.142 e. The molecule has 0 amide bonds. The van der Waals surface area contributed by atoms with Gasteiger partial charge in [-0.3, -0.25) is 9.55 Å². The third-order valence-corrected chi connectivity index (χ3v) is 3.62. The van der Waals surface area contributed by atoms with E-state index < -0.39 is 0 Å².